The monoisotopic (exact) mass is 310 g/mol. The lowest BCUT2D eigenvalue weighted by molar-refractivity contribution is 0.128. The molecule has 0 aromatic rings. The van der Waals surface area contributed by atoms with Crippen molar-refractivity contribution >= 4 is 5.96 Å². The molecule has 0 amide bonds. The number of likely N-dealkylation sites (tertiary alicyclic amines) is 1. The highest BCUT2D eigenvalue weighted by atomic mass is 16.5. The molecule has 128 valence electrons. The van der Waals surface area contributed by atoms with E-state index in [0.717, 1.165) is 38.7 Å². The van der Waals surface area contributed by atoms with Crippen molar-refractivity contribution in [3.05, 3.63) is 0 Å². The summed E-state index contributed by atoms with van der Waals surface area (Å²) in [5.74, 6) is 0.975. The molecular formula is C17H34N4O. The van der Waals surface area contributed by atoms with Gasteiger partial charge in [0.15, 0.2) is 5.96 Å². The van der Waals surface area contributed by atoms with E-state index in [4.69, 9.17) is 4.74 Å². The molecular weight excluding hydrogens is 276 g/mol. The summed E-state index contributed by atoms with van der Waals surface area (Å²) in [6.45, 7) is 7.62. The minimum atomic E-state index is 0.459. The summed E-state index contributed by atoms with van der Waals surface area (Å²) in [4.78, 5) is 6.89. The van der Waals surface area contributed by atoms with Crippen molar-refractivity contribution < 1.29 is 4.74 Å². The maximum Gasteiger partial charge on any atom is 0.191 e. The van der Waals surface area contributed by atoms with Gasteiger partial charge in [-0.3, -0.25) is 4.99 Å². The average molecular weight is 310 g/mol. The highest BCUT2D eigenvalue weighted by molar-refractivity contribution is 5.80. The molecule has 1 saturated heterocycles. The molecule has 0 bridgehead atoms. The number of hydrogen-bond donors (Lipinski definition) is 2. The van der Waals surface area contributed by atoms with E-state index in [1.54, 1.807) is 7.11 Å². The first-order valence-corrected chi connectivity index (χ1v) is 8.84. The lowest BCUT2D eigenvalue weighted by Gasteiger charge is -2.33. The fourth-order valence-electron chi connectivity index (χ4n) is 3.61. The summed E-state index contributed by atoms with van der Waals surface area (Å²) < 4.78 is 5.16. The molecule has 0 atom stereocenters. The summed E-state index contributed by atoms with van der Waals surface area (Å²) in [7, 11) is 3.65. The Kier molecular flexibility index (Phi) is 6.96. The lowest BCUT2D eigenvalue weighted by atomic mass is 9.89. The van der Waals surface area contributed by atoms with E-state index in [0.29, 0.717) is 11.5 Å². The van der Waals surface area contributed by atoms with E-state index in [2.05, 4.69) is 27.4 Å². The maximum absolute atomic E-state index is 5.16. The molecule has 5 heteroatoms. The van der Waals surface area contributed by atoms with Crippen LogP contribution in [0.3, 0.4) is 0 Å². The molecule has 2 rings (SSSR count). The zero-order valence-corrected chi connectivity index (χ0v) is 14.7. The van der Waals surface area contributed by atoms with Gasteiger partial charge < -0.3 is 20.3 Å². The summed E-state index contributed by atoms with van der Waals surface area (Å²) in [6, 6.07) is 0.543. The smallest absolute Gasteiger partial charge is 0.191 e. The van der Waals surface area contributed by atoms with Crippen LogP contribution in [0.4, 0.5) is 0 Å². The lowest BCUT2D eigenvalue weighted by Crippen LogP contribution is -2.50. The van der Waals surface area contributed by atoms with Gasteiger partial charge in [-0.1, -0.05) is 19.8 Å². The third-order valence-electron chi connectivity index (χ3n) is 5.26. The second-order valence-electron chi connectivity index (χ2n) is 7.20. The number of rotatable bonds is 6. The van der Waals surface area contributed by atoms with E-state index >= 15 is 0 Å². The number of hydrogen-bond acceptors (Lipinski definition) is 3. The van der Waals surface area contributed by atoms with Crippen LogP contribution in [0.15, 0.2) is 4.99 Å². The fraction of sp³-hybridized carbons (Fsp3) is 0.941. The van der Waals surface area contributed by atoms with Gasteiger partial charge in [0.2, 0.25) is 0 Å². The first-order chi connectivity index (χ1) is 10.6. The Morgan fingerprint density at radius 1 is 1.27 bits per heavy atom. The maximum atomic E-state index is 5.16. The van der Waals surface area contributed by atoms with Gasteiger partial charge in [-0.05, 0) is 31.1 Å². The van der Waals surface area contributed by atoms with Crippen molar-refractivity contribution in [2.75, 3.05) is 46.9 Å². The van der Waals surface area contributed by atoms with Crippen LogP contribution in [0.2, 0.25) is 0 Å². The number of nitrogens with zero attached hydrogens (tertiary/aromatic N) is 2. The van der Waals surface area contributed by atoms with Crippen LogP contribution in [0.5, 0.6) is 0 Å². The van der Waals surface area contributed by atoms with Gasteiger partial charge in [-0.25, -0.2) is 0 Å². The van der Waals surface area contributed by atoms with Crippen molar-refractivity contribution in [2.24, 2.45) is 10.4 Å². The molecule has 1 aliphatic heterocycles. The standard InChI is InChI=1S/C17H34N4O/c1-17(8-4-5-9-17)14-19-16(18-2)20-15-6-10-21(11-7-15)12-13-22-3/h15H,4-14H2,1-3H3,(H2,18,19,20). The predicted octanol–water partition coefficient (Wildman–Crippen LogP) is 1.84. The molecule has 5 nitrogen and oxygen atoms in total. The number of aliphatic imine (C=N–C) groups is 1. The topological polar surface area (TPSA) is 48.9 Å². The predicted molar refractivity (Wildman–Crippen MR) is 92.4 cm³/mol. The highest BCUT2D eigenvalue weighted by Crippen LogP contribution is 2.36. The quantitative estimate of drug-likeness (QED) is 0.580. The molecule has 0 aromatic heterocycles. The SMILES string of the molecule is CN=C(NCC1(C)CCCC1)NC1CCN(CCOC)CC1. The first kappa shape index (κ1) is 17.5. The largest absolute Gasteiger partial charge is 0.383 e. The average Bonchev–Trinajstić information content (AvgIpc) is 2.97. The summed E-state index contributed by atoms with van der Waals surface area (Å²) in [5, 5.41) is 7.15. The van der Waals surface area contributed by atoms with Crippen LogP contribution in [-0.4, -0.2) is 63.8 Å². The van der Waals surface area contributed by atoms with E-state index in [-0.39, 0.29) is 0 Å². The Bertz CT molecular complexity index is 345. The van der Waals surface area contributed by atoms with Crippen molar-refractivity contribution in [3.8, 4) is 0 Å². The van der Waals surface area contributed by atoms with Crippen molar-refractivity contribution in [2.45, 2.75) is 51.5 Å². The van der Waals surface area contributed by atoms with Crippen LogP contribution in [-0.2, 0) is 4.74 Å². The molecule has 0 unspecified atom stereocenters. The van der Waals surface area contributed by atoms with Crippen LogP contribution in [0.25, 0.3) is 0 Å². The Labute approximate surface area is 135 Å². The van der Waals surface area contributed by atoms with Crippen LogP contribution in [0.1, 0.15) is 45.4 Å². The third kappa shape index (κ3) is 5.43. The molecule has 0 aromatic carbocycles. The van der Waals surface area contributed by atoms with Crippen molar-refractivity contribution in [1.29, 1.82) is 0 Å². The fourth-order valence-corrected chi connectivity index (χ4v) is 3.61. The number of nitrogens with one attached hydrogen (secondary N) is 2. The second kappa shape index (κ2) is 8.73. The minimum Gasteiger partial charge on any atom is -0.383 e. The van der Waals surface area contributed by atoms with Gasteiger partial charge in [0.1, 0.15) is 0 Å². The number of ether oxygens (including phenoxy) is 1. The van der Waals surface area contributed by atoms with Crippen LogP contribution >= 0.6 is 0 Å². The van der Waals surface area contributed by atoms with E-state index < -0.39 is 0 Å². The molecule has 2 N–H and O–H groups in total. The highest BCUT2D eigenvalue weighted by Gasteiger charge is 2.29. The van der Waals surface area contributed by atoms with E-state index in [1.807, 2.05) is 7.05 Å². The van der Waals surface area contributed by atoms with Crippen LogP contribution in [0, 0.1) is 5.41 Å². The second-order valence-corrected chi connectivity index (χ2v) is 7.20. The molecule has 0 spiro atoms. The minimum absolute atomic E-state index is 0.459. The Morgan fingerprint density at radius 2 is 1.95 bits per heavy atom. The third-order valence-corrected chi connectivity index (χ3v) is 5.26. The summed E-state index contributed by atoms with van der Waals surface area (Å²) in [6.07, 6.45) is 7.81. The van der Waals surface area contributed by atoms with Crippen molar-refractivity contribution in [3.63, 3.8) is 0 Å². The Morgan fingerprint density at radius 3 is 2.55 bits per heavy atom. The number of methoxy groups -OCH3 is 1. The van der Waals surface area contributed by atoms with Gasteiger partial charge in [0.25, 0.3) is 0 Å². The molecule has 2 fully saturated rings. The molecule has 1 aliphatic carbocycles. The Balaban J connectivity index is 1.68. The van der Waals surface area contributed by atoms with Gasteiger partial charge in [0, 0.05) is 46.4 Å². The Hall–Kier alpha value is -0.810. The van der Waals surface area contributed by atoms with Crippen molar-refractivity contribution in [1.82, 2.24) is 15.5 Å². The molecule has 1 heterocycles. The summed E-state index contributed by atoms with van der Waals surface area (Å²) >= 11 is 0. The van der Waals surface area contributed by atoms with Gasteiger partial charge in [0.05, 0.1) is 6.61 Å². The van der Waals surface area contributed by atoms with Gasteiger partial charge >= 0.3 is 0 Å². The molecule has 22 heavy (non-hydrogen) atoms. The zero-order chi connectivity index (χ0) is 15.8. The molecule has 2 aliphatic rings. The number of piperidine rings is 1. The molecule has 1 saturated carbocycles. The van der Waals surface area contributed by atoms with Gasteiger partial charge in [-0.15, -0.1) is 0 Å². The van der Waals surface area contributed by atoms with E-state index in [1.165, 1.54) is 38.5 Å². The first-order valence-electron chi connectivity index (χ1n) is 8.84. The molecule has 0 radical (unpaired) electrons. The number of guanidine groups is 1. The normalized spacial score (nSPS) is 23.7. The zero-order valence-electron chi connectivity index (χ0n) is 14.7. The van der Waals surface area contributed by atoms with Crippen LogP contribution < -0.4 is 10.6 Å². The van der Waals surface area contributed by atoms with E-state index in [9.17, 15) is 0 Å². The summed E-state index contributed by atoms with van der Waals surface area (Å²) in [5.41, 5.74) is 0.459. The van der Waals surface area contributed by atoms with Gasteiger partial charge in [-0.2, -0.15) is 0 Å².